The van der Waals surface area contributed by atoms with Crippen molar-refractivity contribution in [3.8, 4) is 27.9 Å². The third-order valence-corrected chi connectivity index (χ3v) is 10.3. The van der Waals surface area contributed by atoms with Gasteiger partial charge in [0.25, 0.3) is 0 Å². The average molecular weight is 679 g/mol. The Hall–Kier alpha value is -7.04. The quantitative estimate of drug-likeness (QED) is 0.187. The summed E-state index contributed by atoms with van der Waals surface area (Å²) in [6.45, 7) is 0. The van der Waals surface area contributed by atoms with Gasteiger partial charge in [0.05, 0.1) is 11.0 Å². The average Bonchev–Trinajstić information content (AvgIpc) is 3.59. The Bertz CT molecular complexity index is 2830. The second-order valence-electron chi connectivity index (χ2n) is 13.5. The molecule has 0 bridgehead atoms. The predicted octanol–water partition coefficient (Wildman–Crippen LogP) is 11.8. The number of nitrogens with one attached hydrogen (secondary N) is 1. The van der Waals surface area contributed by atoms with E-state index in [1.807, 2.05) is 12.1 Å². The molecule has 1 atom stereocenters. The van der Waals surface area contributed by atoms with E-state index in [2.05, 4.69) is 192 Å². The van der Waals surface area contributed by atoms with Gasteiger partial charge in [-0.1, -0.05) is 176 Å². The molecular weight excluding hydrogens is 645 g/mol. The number of hydrogen-bond donors (Lipinski definition) is 1. The summed E-state index contributed by atoms with van der Waals surface area (Å²) in [7, 11) is 0. The summed E-state index contributed by atoms with van der Waals surface area (Å²) < 4.78 is 2.42. The Labute approximate surface area is 308 Å². The molecule has 8 aromatic carbocycles. The number of amidine groups is 2. The molecule has 0 fully saturated rings. The molecule has 1 aromatic heterocycles. The second kappa shape index (κ2) is 12.9. The number of rotatable bonds is 6. The lowest BCUT2D eigenvalue weighted by atomic mass is 10.0. The minimum atomic E-state index is -0.258. The van der Waals surface area contributed by atoms with Gasteiger partial charge in [0.2, 0.25) is 0 Å². The molecule has 1 N–H and O–H groups in total. The smallest absolute Gasteiger partial charge is 0.159 e. The molecule has 0 radical (unpaired) electrons. The summed E-state index contributed by atoms with van der Waals surface area (Å²) >= 11 is 0. The monoisotopic (exact) mass is 678 g/mol. The van der Waals surface area contributed by atoms with Crippen molar-refractivity contribution in [2.45, 2.75) is 6.17 Å². The van der Waals surface area contributed by atoms with Gasteiger partial charge in [-0.3, -0.25) is 0 Å². The van der Waals surface area contributed by atoms with Crippen LogP contribution < -0.4 is 5.32 Å². The predicted molar refractivity (Wildman–Crippen MR) is 221 cm³/mol. The highest BCUT2D eigenvalue weighted by Gasteiger charge is 2.21. The molecule has 4 heteroatoms. The number of nitrogens with zero attached hydrogens (tertiary/aromatic N) is 3. The largest absolute Gasteiger partial charge is 0.344 e. The van der Waals surface area contributed by atoms with E-state index in [0.29, 0.717) is 5.84 Å². The Morgan fingerprint density at radius 2 is 1.04 bits per heavy atom. The van der Waals surface area contributed by atoms with Crippen molar-refractivity contribution in [3.05, 3.63) is 211 Å². The summed E-state index contributed by atoms with van der Waals surface area (Å²) in [5.41, 5.74) is 11.3. The fourth-order valence-electron chi connectivity index (χ4n) is 7.62. The van der Waals surface area contributed by atoms with Gasteiger partial charge in [-0.05, 0) is 51.4 Å². The van der Waals surface area contributed by atoms with Crippen molar-refractivity contribution >= 4 is 44.2 Å². The van der Waals surface area contributed by atoms with Gasteiger partial charge in [-0.2, -0.15) is 0 Å². The zero-order chi connectivity index (χ0) is 35.1. The molecular formula is C49H34N4. The minimum Gasteiger partial charge on any atom is -0.344 e. The number of aromatic nitrogens is 1. The van der Waals surface area contributed by atoms with E-state index in [0.717, 1.165) is 39.3 Å². The third kappa shape index (κ3) is 5.58. The first-order valence-electron chi connectivity index (χ1n) is 18.0. The van der Waals surface area contributed by atoms with E-state index in [1.54, 1.807) is 0 Å². The highest BCUT2D eigenvalue weighted by Crippen LogP contribution is 2.37. The van der Waals surface area contributed by atoms with Crippen LogP contribution >= 0.6 is 0 Å². The standard InChI is InChI=1S/C49H34N4/c1-3-12-33(13-4-1)34-22-26-38(27-23-34)48-50-47(37-15-5-2-6-16-37)51-49(52-48)39-28-24-35(25-29-39)40-17-11-18-41(32-40)53-45-21-10-9-20-43(45)44-31-30-36-14-7-8-19-42(36)46(44)53/h1-32,47H,(H,50,51,52). The first-order chi connectivity index (χ1) is 26.3. The molecule has 1 unspecified atom stereocenters. The highest BCUT2D eigenvalue weighted by molar-refractivity contribution is 6.18. The number of hydrogen-bond acceptors (Lipinski definition) is 3. The summed E-state index contributed by atoms with van der Waals surface area (Å²) in [6.07, 6.45) is -0.258. The summed E-state index contributed by atoms with van der Waals surface area (Å²) in [5, 5.41) is 8.63. The van der Waals surface area contributed by atoms with E-state index in [1.165, 1.54) is 43.7 Å². The van der Waals surface area contributed by atoms with Gasteiger partial charge in [-0.25, -0.2) is 9.98 Å². The van der Waals surface area contributed by atoms with Crippen LogP contribution in [0.3, 0.4) is 0 Å². The van der Waals surface area contributed by atoms with Gasteiger partial charge in [0, 0.05) is 33.0 Å². The first-order valence-corrected chi connectivity index (χ1v) is 18.0. The molecule has 4 nitrogen and oxygen atoms in total. The van der Waals surface area contributed by atoms with Crippen LogP contribution in [0.5, 0.6) is 0 Å². The molecule has 53 heavy (non-hydrogen) atoms. The van der Waals surface area contributed by atoms with Gasteiger partial charge >= 0.3 is 0 Å². The van der Waals surface area contributed by atoms with Crippen LogP contribution in [0.2, 0.25) is 0 Å². The molecule has 1 aliphatic heterocycles. The van der Waals surface area contributed by atoms with Crippen LogP contribution in [0.25, 0.3) is 60.5 Å². The first kappa shape index (κ1) is 30.8. The summed E-state index contributed by atoms with van der Waals surface area (Å²) in [6, 6.07) is 68.7. The van der Waals surface area contributed by atoms with Crippen LogP contribution in [-0.2, 0) is 0 Å². The van der Waals surface area contributed by atoms with Gasteiger partial charge < -0.3 is 9.88 Å². The molecule has 0 saturated carbocycles. The molecule has 9 aromatic rings. The Kier molecular flexibility index (Phi) is 7.51. The normalized spacial score (nSPS) is 14.2. The zero-order valence-electron chi connectivity index (χ0n) is 28.9. The summed E-state index contributed by atoms with van der Waals surface area (Å²) in [5.74, 6) is 1.51. The van der Waals surface area contributed by atoms with Crippen molar-refractivity contribution in [3.63, 3.8) is 0 Å². The fourth-order valence-corrected chi connectivity index (χ4v) is 7.62. The third-order valence-electron chi connectivity index (χ3n) is 10.3. The van der Waals surface area contributed by atoms with Crippen molar-refractivity contribution in [2.75, 3.05) is 0 Å². The molecule has 2 heterocycles. The van der Waals surface area contributed by atoms with Gasteiger partial charge in [-0.15, -0.1) is 0 Å². The second-order valence-corrected chi connectivity index (χ2v) is 13.5. The van der Waals surface area contributed by atoms with Crippen molar-refractivity contribution < 1.29 is 0 Å². The SMILES string of the molecule is c1ccc(-c2ccc(C3=NC(c4ccccc4)NC(c4ccc(-c5cccc(-n6c7ccccc7c7ccc8ccccc8c76)c5)cc4)=N3)cc2)cc1. The van der Waals surface area contributed by atoms with Crippen LogP contribution in [0, 0.1) is 0 Å². The van der Waals surface area contributed by atoms with Crippen molar-refractivity contribution in [2.24, 2.45) is 9.98 Å². The molecule has 250 valence electrons. The van der Waals surface area contributed by atoms with Gasteiger partial charge in [0.1, 0.15) is 12.0 Å². The lowest BCUT2D eigenvalue weighted by Crippen LogP contribution is -2.33. The maximum atomic E-state index is 5.09. The molecule has 0 aliphatic carbocycles. The molecule has 0 amide bonds. The number of benzene rings is 8. The van der Waals surface area contributed by atoms with Gasteiger partial charge in [0.15, 0.2) is 5.84 Å². The van der Waals surface area contributed by atoms with Crippen molar-refractivity contribution in [1.82, 2.24) is 9.88 Å². The van der Waals surface area contributed by atoms with Crippen LogP contribution in [0.15, 0.2) is 204 Å². The summed E-state index contributed by atoms with van der Waals surface area (Å²) in [4.78, 5) is 10.2. The van der Waals surface area contributed by atoms with Crippen molar-refractivity contribution in [1.29, 1.82) is 0 Å². The Morgan fingerprint density at radius 1 is 0.434 bits per heavy atom. The molecule has 10 rings (SSSR count). The van der Waals surface area contributed by atoms with Crippen LogP contribution in [0.1, 0.15) is 22.9 Å². The van der Waals surface area contributed by atoms with E-state index in [-0.39, 0.29) is 6.17 Å². The zero-order valence-corrected chi connectivity index (χ0v) is 28.9. The molecule has 0 saturated heterocycles. The van der Waals surface area contributed by atoms with E-state index >= 15 is 0 Å². The molecule has 1 aliphatic rings. The number of para-hydroxylation sites is 1. The van der Waals surface area contributed by atoms with Crippen LogP contribution in [-0.4, -0.2) is 16.2 Å². The van der Waals surface area contributed by atoms with E-state index in [9.17, 15) is 0 Å². The van der Waals surface area contributed by atoms with E-state index < -0.39 is 0 Å². The topological polar surface area (TPSA) is 41.7 Å². The highest BCUT2D eigenvalue weighted by atomic mass is 15.2. The Balaban J connectivity index is 1.01. The molecule has 0 spiro atoms. The van der Waals surface area contributed by atoms with Crippen LogP contribution in [0.4, 0.5) is 0 Å². The van der Waals surface area contributed by atoms with E-state index in [4.69, 9.17) is 9.98 Å². The minimum absolute atomic E-state index is 0.258. The maximum absolute atomic E-state index is 5.09. The lowest BCUT2D eigenvalue weighted by molar-refractivity contribution is 0.674. The number of aliphatic imine (C=N–C) groups is 2. The Morgan fingerprint density at radius 3 is 1.83 bits per heavy atom. The maximum Gasteiger partial charge on any atom is 0.159 e. The number of fused-ring (bicyclic) bond motifs is 5. The lowest BCUT2D eigenvalue weighted by Gasteiger charge is -2.24. The fraction of sp³-hybridized carbons (Fsp3) is 0.0204.